The Morgan fingerprint density at radius 2 is 1.72 bits per heavy atom. The Balaban J connectivity index is 1.47. The minimum Gasteiger partial charge on any atom is -0.419 e. The number of imidazole rings is 1. The van der Waals surface area contributed by atoms with Crippen LogP contribution in [0.5, 0.6) is 0 Å². The summed E-state index contributed by atoms with van der Waals surface area (Å²) in [5.74, 6) is 1.92. The Kier molecular flexibility index (Phi) is 5.01. The van der Waals surface area contributed by atoms with Crippen molar-refractivity contribution < 1.29 is 9.15 Å². The second kappa shape index (κ2) is 7.94. The van der Waals surface area contributed by atoms with Crippen LogP contribution in [0.1, 0.15) is 11.7 Å². The highest BCUT2D eigenvalue weighted by Crippen LogP contribution is 2.27. The number of nitrogens with zero attached hydrogens (tertiary/aromatic N) is 5. The Bertz CT molecular complexity index is 1130. The van der Waals surface area contributed by atoms with Crippen molar-refractivity contribution in [2.75, 3.05) is 26.3 Å². The van der Waals surface area contributed by atoms with Crippen molar-refractivity contribution in [3.63, 3.8) is 0 Å². The summed E-state index contributed by atoms with van der Waals surface area (Å²) in [6.45, 7) is 4.53. The van der Waals surface area contributed by atoms with Crippen LogP contribution in [-0.2, 0) is 17.8 Å². The van der Waals surface area contributed by atoms with E-state index in [1.165, 1.54) is 0 Å². The molecule has 2 aromatic carbocycles. The van der Waals surface area contributed by atoms with E-state index in [-0.39, 0.29) is 0 Å². The minimum atomic E-state index is 0.421. The maximum atomic E-state index is 6.26. The van der Waals surface area contributed by atoms with E-state index < -0.39 is 0 Å². The number of rotatable bonds is 5. The zero-order valence-electron chi connectivity index (χ0n) is 15.8. The van der Waals surface area contributed by atoms with Gasteiger partial charge in [-0.05, 0) is 24.3 Å². The lowest BCUT2D eigenvalue weighted by Gasteiger charge is -2.26. The number of halogens is 1. The molecular formula is C21H20ClN5O2. The fraction of sp³-hybridized carbons (Fsp3) is 0.286. The van der Waals surface area contributed by atoms with Gasteiger partial charge in [0, 0.05) is 13.1 Å². The van der Waals surface area contributed by atoms with Crippen LogP contribution in [-0.4, -0.2) is 51.0 Å². The van der Waals surface area contributed by atoms with Gasteiger partial charge in [-0.25, -0.2) is 4.98 Å². The first-order chi connectivity index (χ1) is 14.3. The molecule has 1 aliphatic rings. The van der Waals surface area contributed by atoms with E-state index in [2.05, 4.69) is 25.7 Å². The highest BCUT2D eigenvalue weighted by atomic mass is 35.5. The fourth-order valence-electron chi connectivity index (χ4n) is 3.58. The van der Waals surface area contributed by atoms with E-state index in [0.717, 1.165) is 55.3 Å². The molecule has 0 aliphatic carbocycles. The van der Waals surface area contributed by atoms with Gasteiger partial charge in [0.05, 0.1) is 41.4 Å². The van der Waals surface area contributed by atoms with Gasteiger partial charge in [0.15, 0.2) is 0 Å². The quantitative estimate of drug-likeness (QED) is 0.501. The zero-order valence-corrected chi connectivity index (χ0v) is 16.5. The van der Waals surface area contributed by atoms with Gasteiger partial charge < -0.3 is 13.7 Å². The molecule has 0 N–H and O–H groups in total. The molecule has 0 saturated carbocycles. The number of para-hydroxylation sites is 2. The van der Waals surface area contributed by atoms with Crippen LogP contribution in [0.15, 0.2) is 52.9 Å². The van der Waals surface area contributed by atoms with Crippen molar-refractivity contribution in [2.45, 2.75) is 13.1 Å². The monoisotopic (exact) mass is 409 g/mol. The average molecular weight is 410 g/mol. The second-order valence-corrected chi connectivity index (χ2v) is 7.38. The third-order valence-electron chi connectivity index (χ3n) is 5.07. The highest BCUT2D eigenvalue weighted by Gasteiger charge is 2.19. The molecule has 0 radical (unpaired) electrons. The van der Waals surface area contributed by atoms with Crippen LogP contribution in [0.3, 0.4) is 0 Å². The lowest BCUT2D eigenvalue weighted by atomic mass is 10.2. The maximum absolute atomic E-state index is 6.26. The van der Waals surface area contributed by atoms with Gasteiger partial charge in [0.2, 0.25) is 11.8 Å². The van der Waals surface area contributed by atoms with Crippen molar-refractivity contribution in [1.82, 2.24) is 24.6 Å². The molecule has 5 rings (SSSR count). The fourth-order valence-corrected chi connectivity index (χ4v) is 3.79. The van der Waals surface area contributed by atoms with Crippen molar-refractivity contribution >= 4 is 22.6 Å². The molecule has 7 nitrogen and oxygen atoms in total. The molecular weight excluding hydrogens is 390 g/mol. The van der Waals surface area contributed by atoms with E-state index >= 15 is 0 Å². The van der Waals surface area contributed by atoms with Gasteiger partial charge in [0.1, 0.15) is 12.4 Å². The predicted molar refractivity (Wildman–Crippen MR) is 110 cm³/mol. The maximum Gasteiger partial charge on any atom is 0.249 e. The molecule has 0 amide bonds. The Morgan fingerprint density at radius 1 is 0.931 bits per heavy atom. The van der Waals surface area contributed by atoms with Gasteiger partial charge in [-0.2, -0.15) is 0 Å². The summed E-state index contributed by atoms with van der Waals surface area (Å²) in [5.41, 5.74) is 2.74. The summed E-state index contributed by atoms with van der Waals surface area (Å²) in [7, 11) is 0. The number of aromatic nitrogens is 4. The number of hydrogen-bond donors (Lipinski definition) is 0. The van der Waals surface area contributed by atoms with E-state index in [1.807, 2.05) is 42.5 Å². The molecule has 148 valence electrons. The Hall–Kier alpha value is -2.74. The SMILES string of the molecule is Clc1ccccc1-c1nnc(Cn2c(CN3CCOCC3)nc3ccccc32)o1. The smallest absolute Gasteiger partial charge is 0.249 e. The first-order valence-corrected chi connectivity index (χ1v) is 9.97. The lowest BCUT2D eigenvalue weighted by molar-refractivity contribution is 0.0327. The minimum absolute atomic E-state index is 0.421. The summed E-state index contributed by atoms with van der Waals surface area (Å²) in [6.07, 6.45) is 0. The Morgan fingerprint density at radius 3 is 2.59 bits per heavy atom. The van der Waals surface area contributed by atoms with Gasteiger partial charge in [-0.1, -0.05) is 35.9 Å². The number of ether oxygens (including phenoxy) is 1. The molecule has 1 saturated heterocycles. The van der Waals surface area contributed by atoms with E-state index in [4.69, 9.17) is 25.7 Å². The van der Waals surface area contributed by atoms with E-state index in [1.54, 1.807) is 0 Å². The third-order valence-corrected chi connectivity index (χ3v) is 5.40. The molecule has 0 spiro atoms. The highest BCUT2D eigenvalue weighted by molar-refractivity contribution is 6.33. The topological polar surface area (TPSA) is 69.2 Å². The molecule has 0 atom stereocenters. The van der Waals surface area contributed by atoms with Crippen LogP contribution in [0, 0.1) is 0 Å². The molecule has 29 heavy (non-hydrogen) atoms. The second-order valence-electron chi connectivity index (χ2n) is 6.97. The normalized spacial score (nSPS) is 15.2. The summed E-state index contributed by atoms with van der Waals surface area (Å²) in [6, 6.07) is 15.6. The van der Waals surface area contributed by atoms with Gasteiger partial charge in [-0.15, -0.1) is 10.2 Å². The third kappa shape index (κ3) is 3.76. The molecule has 2 aromatic heterocycles. The van der Waals surface area contributed by atoms with Crippen LogP contribution >= 0.6 is 11.6 Å². The number of benzene rings is 2. The number of morpholine rings is 1. The molecule has 0 bridgehead atoms. The molecule has 3 heterocycles. The van der Waals surface area contributed by atoms with Gasteiger partial charge in [0.25, 0.3) is 0 Å². The van der Waals surface area contributed by atoms with E-state index in [9.17, 15) is 0 Å². The molecule has 1 aliphatic heterocycles. The van der Waals surface area contributed by atoms with Crippen molar-refractivity contribution in [3.8, 4) is 11.5 Å². The molecule has 1 fully saturated rings. The van der Waals surface area contributed by atoms with E-state index in [0.29, 0.717) is 23.3 Å². The number of fused-ring (bicyclic) bond motifs is 1. The van der Waals surface area contributed by atoms with Crippen molar-refractivity contribution in [2.24, 2.45) is 0 Å². The van der Waals surface area contributed by atoms with Crippen LogP contribution in [0.2, 0.25) is 5.02 Å². The first kappa shape index (κ1) is 18.3. The van der Waals surface area contributed by atoms with Crippen molar-refractivity contribution in [3.05, 3.63) is 65.3 Å². The average Bonchev–Trinajstić information content (AvgIpc) is 3.35. The van der Waals surface area contributed by atoms with Crippen LogP contribution in [0.4, 0.5) is 0 Å². The summed E-state index contributed by atoms with van der Waals surface area (Å²) >= 11 is 6.26. The standard InChI is InChI=1S/C21H20ClN5O2/c22-16-6-2-1-5-15(16)21-25-24-20(29-21)14-27-18-8-4-3-7-17(18)23-19(27)13-26-9-11-28-12-10-26/h1-8H,9-14H2. The zero-order chi connectivity index (χ0) is 19.6. The Labute approximate surface area is 172 Å². The van der Waals surface area contributed by atoms with Crippen molar-refractivity contribution in [1.29, 1.82) is 0 Å². The summed E-state index contributed by atoms with van der Waals surface area (Å²) in [4.78, 5) is 7.20. The number of hydrogen-bond acceptors (Lipinski definition) is 6. The largest absolute Gasteiger partial charge is 0.419 e. The first-order valence-electron chi connectivity index (χ1n) is 9.59. The van der Waals surface area contributed by atoms with Crippen LogP contribution in [0.25, 0.3) is 22.5 Å². The molecule has 4 aromatic rings. The summed E-state index contributed by atoms with van der Waals surface area (Å²) < 4.78 is 13.5. The molecule has 8 heteroatoms. The summed E-state index contributed by atoms with van der Waals surface area (Å²) in [5, 5.41) is 9.02. The lowest BCUT2D eigenvalue weighted by Crippen LogP contribution is -2.36. The van der Waals surface area contributed by atoms with Gasteiger partial charge in [-0.3, -0.25) is 4.90 Å². The van der Waals surface area contributed by atoms with Crippen LogP contribution < -0.4 is 0 Å². The van der Waals surface area contributed by atoms with Gasteiger partial charge >= 0.3 is 0 Å². The predicted octanol–water partition coefficient (Wildman–Crippen LogP) is 3.62. The molecule has 0 unspecified atom stereocenters.